The van der Waals surface area contributed by atoms with Crippen molar-refractivity contribution in [1.29, 1.82) is 0 Å². The highest BCUT2D eigenvalue weighted by Crippen LogP contribution is 2.35. The quantitative estimate of drug-likeness (QED) is 0.861. The molecule has 0 spiro atoms. The van der Waals surface area contributed by atoms with Crippen molar-refractivity contribution in [2.24, 2.45) is 0 Å². The normalized spacial score (nSPS) is 18.5. The summed E-state index contributed by atoms with van der Waals surface area (Å²) < 4.78 is 5.54. The predicted octanol–water partition coefficient (Wildman–Crippen LogP) is 2.64. The van der Waals surface area contributed by atoms with E-state index >= 15 is 0 Å². The molecule has 1 fully saturated rings. The van der Waals surface area contributed by atoms with Crippen LogP contribution in [0.25, 0.3) is 0 Å². The minimum absolute atomic E-state index is 0.0453. The number of hydrogen-bond donors (Lipinski definition) is 1. The van der Waals surface area contributed by atoms with Gasteiger partial charge in [0.15, 0.2) is 0 Å². The van der Waals surface area contributed by atoms with Gasteiger partial charge in [-0.05, 0) is 19.3 Å². The van der Waals surface area contributed by atoms with Crippen molar-refractivity contribution in [3.8, 4) is 0 Å². The maximum absolute atomic E-state index is 5.54. The lowest BCUT2D eigenvalue weighted by atomic mass is 9.80. The first-order valence-corrected chi connectivity index (χ1v) is 6.59. The van der Waals surface area contributed by atoms with Crippen molar-refractivity contribution in [3.63, 3.8) is 0 Å². The van der Waals surface area contributed by atoms with Crippen LogP contribution < -0.4 is 5.32 Å². The Morgan fingerprint density at radius 2 is 2.19 bits per heavy atom. The molecular formula is C11H19N3OS. The number of ether oxygens (including phenoxy) is 1. The number of hydrogen-bond acceptors (Lipinski definition) is 5. The SMILES string of the molecule is COC1(CNc2nnc(C(C)C)s2)CCC1. The van der Waals surface area contributed by atoms with E-state index in [4.69, 9.17) is 4.74 Å². The fourth-order valence-corrected chi connectivity index (χ4v) is 2.54. The summed E-state index contributed by atoms with van der Waals surface area (Å²) in [5, 5.41) is 13.6. The fourth-order valence-electron chi connectivity index (χ4n) is 1.80. The van der Waals surface area contributed by atoms with E-state index in [0.717, 1.165) is 29.5 Å². The number of nitrogens with one attached hydrogen (secondary N) is 1. The highest BCUT2D eigenvalue weighted by Gasteiger charge is 2.36. The van der Waals surface area contributed by atoms with E-state index in [1.165, 1.54) is 6.42 Å². The molecule has 1 saturated carbocycles. The summed E-state index contributed by atoms with van der Waals surface area (Å²) in [5.41, 5.74) is 0.0453. The number of nitrogens with zero attached hydrogens (tertiary/aromatic N) is 2. The van der Waals surface area contributed by atoms with E-state index < -0.39 is 0 Å². The molecule has 0 amide bonds. The second-order valence-electron chi connectivity index (χ2n) is 4.69. The molecule has 1 aromatic heterocycles. The Hall–Kier alpha value is -0.680. The molecule has 1 aliphatic rings. The minimum atomic E-state index is 0.0453. The van der Waals surface area contributed by atoms with Gasteiger partial charge >= 0.3 is 0 Å². The molecule has 0 saturated heterocycles. The van der Waals surface area contributed by atoms with Gasteiger partial charge in [-0.25, -0.2) is 0 Å². The zero-order valence-electron chi connectivity index (χ0n) is 10.1. The fraction of sp³-hybridized carbons (Fsp3) is 0.818. The van der Waals surface area contributed by atoms with Crippen molar-refractivity contribution < 1.29 is 4.74 Å². The number of methoxy groups -OCH3 is 1. The number of anilines is 1. The van der Waals surface area contributed by atoms with Crippen molar-refractivity contribution >= 4 is 16.5 Å². The van der Waals surface area contributed by atoms with Crippen LogP contribution >= 0.6 is 11.3 Å². The Labute approximate surface area is 100 Å². The van der Waals surface area contributed by atoms with Gasteiger partial charge < -0.3 is 10.1 Å². The maximum atomic E-state index is 5.54. The highest BCUT2D eigenvalue weighted by molar-refractivity contribution is 7.15. The lowest BCUT2D eigenvalue weighted by molar-refractivity contribution is -0.0601. The molecule has 0 bridgehead atoms. The third-order valence-electron chi connectivity index (χ3n) is 3.19. The average Bonchev–Trinajstić information content (AvgIpc) is 2.65. The van der Waals surface area contributed by atoms with Crippen molar-refractivity contribution in [2.75, 3.05) is 19.0 Å². The number of aromatic nitrogens is 2. The Balaban J connectivity index is 1.89. The van der Waals surface area contributed by atoms with E-state index in [-0.39, 0.29) is 5.60 Å². The zero-order valence-corrected chi connectivity index (χ0v) is 10.9. The van der Waals surface area contributed by atoms with Crippen molar-refractivity contribution in [3.05, 3.63) is 5.01 Å². The lowest BCUT2D eigenvalue weighted by Crippen LogP contribution is -2.45. The van der Waals surface area contributed by atoms with Crippen LogP contribution in [0, 0.1) is 0 Å². The first kappa shape index (κ1) is 11.8. The molecular weight excluding hydrogens is 222 g/mol. The molecule has 4 nitrogen and oxygen atoms in total. The summed E-state index contributed by atoms with van der Waals surface area (Å²) in [4.78, 5) is 0. The second-order valence-corrected chi connectivity index (χ2v) is 5.70. The summed E-state index contributed by atoms with van der Waals surface area (Å²) in [6.07, 6.45) is 3.56. The van der Waals surface area contributed by atoms with Gasteiger partial charge in [-0.1, -0.05) is 25.2 Å². The van der Waals surface area contributed by atoms with Crippen LogP contribution in [0.2, 0.25) is 0 Å². The summed E-state index contributed by atoms with van der Waals surface area (Å²) in [6, 6.07) is 0. The molecule has 16 heavy (non-hydrogen) atoms. The number of rotatable bonds is 5. The first-order chi connectivity index (χ1) is 7.65. The van der Waals surface area contributed by atoms with Gasteiger partial charge in [-0.3, -0.25) is 0 Å². The molecule has 1 aromatic rings. The molecule has 5 heteroatoms. The van der Waals surface area contributed by atoms with Crippen LogP contribution in [0.1, 0.15) is 44.0 Å². The third-order valence-corrected chi connectivity index (χ3v) is 4.38. The topological polar surface area (TPSA) is 47.0 Å². The van der Waals surface area contributed by atoms with Gasteiger partial charge in [0.05, 0.1) is 5.60 Å². The summed E-state index contributed by atoms with van der Waals surface area (Å²) in [5.74, 6) is 0.452. The van der Waals surface area contributed by atoms with Gasteiger partial charge in [-0.15, -0.1) is 10.2 Å². The molecule has 0 radical (unpaired) electrons. The predicted molar refractivity (Wildman–Crippen MR) is 66.1 cm³/mol. The van der Waals surface area contributed by atoms with Gasteiger partial charge in [-0.2, -0.15) is 0 Å². The van der Waals surface area contributed by atoms with Crippen LogP contribution in [0.5, 0.6) is 0 Å². The van der Waals surface area contributed by atoms with Crippen LogP contribution in [-0.4, -0.2) is 29.5 Å². The molecule has 0 aliphatic heterocycles. The van der Waals surface area contributed by atoms with Gasteiger partial charge in [0.25, 0.3) is 0 Å². The molecule has 2 rings (SSSR count). The molecule has 1 N–H and O–H groups in total. The van der Waals surface area contributed by atoms with Gasteiger partial charge in [0.1, 0.15) is 5.01 Å². The van der Waals surface area contributed by atoms with Crippen LogP contribution in [-0.2, 0) is 4.74 Å². The van der Waals surface area contributed by atoms with Gasteiger partial charge in [0, 0.05) is 19.6 Å². The van der Waals surface area contributed by atoms with E-state index in [1.807, 2.05) is 0 Å². The lowest BCUT2D eigenvalue weighted by Gasteiger charge is -2.40. The Bertz CT molecular complexity index is 341. The van der Waals surface area contributed by atoms with Crippen molar-refractivity contribution in [2.45, 2.75) is 44.6 Å². The maximum Gasteiger partial charge on any atom is 0.205 e. The van der Waals surface area contributed by atoms with E-state index in [0.29, 0.717) is 5.92 Å². The zero-order chi connectivity index (χ0) is 11.6. The largest absolute Gasteiger partial charge is 0.376 e. The van der Waals surface area contributed by atoms with Crippen LogP contribution in [0.15, 0.2) is 0 Å². The molecule has 0 unspecified atom stereocenters. The minimum Gasteiger partial charge on any atom is -0.376 e. The van der Waals surface area contributed by atoms with Crippen LogP contribution in [0.3, 0.4) is 0 Å². The first-order valence-electron chi connectivity index (χ1n) is 5.78. The van der Waals surface area contributed by atoms with E-state index in [1.54, 1.807) is 18.4 Å². The standard InChI is InChI=1S/C11H19N3OS/c1-8(2)9-13-14-10(16-9)12-7-11(15-3)5-4-6-11/h8H,4-7H2,1-3H3,(H,12,14). The van der Waals surface area contributed by atoms with Crippen LogP contribution in [0.4, 0.5) is 5.13 Å². The summed E-state index contributed by atoms with van der Waals surface area (Å²) >= 11 is 1.64. The summed E-state index contributed by atoms with van der Waals surface area (Å²) in [6.45, 7) is 5.11. The van der Waals surface area contributed by atoms with E-state index in [2.05, 4.69) is 29.4 Å². The second kappa shape index (κ2) is 4.67. The molecule has 90 valence electrons. The Morgan fingerprint density at radius 3 is 2.62 bits per heavy atom. The average molecular weight is 241 g/mol. The van der Waals surface area contributed by atoms with E-state index in [9.17, 15) is 0 Å². The monoisotopic (exact) mass is 241 g/mol. The smallest absolute Gasteiger partial charge is 0.205 e. The molecule has 1 aliphatic carbocycles. The van der Waals surface area contributed by atoms with Gasteiger partial charge in [0.2, 0.25) is 5.13 Å². The van der Waals surface area contributed by atoms with Crippen molar-refractivity contribution in [1.82, 2.24) is 10.2 Å². The Morgan fingerprint density at radius 1 is 1.44 bits per heavy atom. The third kappa shape index (κ3) is 2.35. The highest BCUT2D eigenvalue weighted by atomic mass is 32.1. The molecule has 0 atom stereocenters. The molecule has 1 heterocycles. The molecule has 0 aromatic carbocycles. The Kier molecular flexibility index (Phi) is 3.44. The summed E-state index contributed by atoms with van der Waals surface area (Å²) in [7, 11) is 1.79.